The number of hydrogen-bond donors (Lipinski definition) is 1. The second-order valence-corrected chi connectivity index (χ2v) is 11.1. The zero-order chi connectivity index (χ0) is 17.6. The Morgan fingerprint density at radius 2 is 1.79 bits per heavy atom. The summed E-state index contributed by atoms with van der Waals surface area (Å²) in [4.78, 5) is 13.8. The first-order valence-corrected chi connectivity index (χ1v) is 11.4. The van der Waals surface area contributed by atoms with Crippen LogP contribution >= 0.6 is 0 Å². The summed E-state index contributed by atoms with van der Waals surface area (Å²) in [6.45, 7) is 7.41. The minimum absolute atomic E-state index is 0.245. The van der Waals surface area contributed by atoms with E-state index in [1.165, 1.54) is 0 Å². The smallest absolute Gasteiger partial charge is 0.410 e. The number of β-amino-alcohol motifs (C(OH)–C–C–N with tert-alkyl or cyclic N) is 1. The molecule has 0 saturated carbocycles. The van der Waals surface area contributed by atoms with Crippen LogP contribution in [0.3, 0.4) is 0 Å². The molecular formula is C18H29NO4Si. The van der Waals surface area contributed by atoms with Gasteiger partial charge in [-0.05, 0) is 23.7 Å². The number of aliphatic hydroxyl groups is 1. The van der Waals surface area contributed by atoms with E-state index in [2.05, 4.69) is 20.8 Å². The Morgan fingerprint density at radius 3 is 2.38 bits per heavy atom. The standard InChI is InChI=1S/C18H29NO4Si/c1-4-24(5-2,6-3)23-17-13-19(12-16(17)20)18(21)22-14-15-10-8-7-9-11-15/h7-11,16-17,20H,4-6,12-14H2,1-3H3/t16-,17+/m1/s1. The Kier molecular flexibility index (Phi) is 6.83. The first-order chi connectivity index (χ1) is 11.5. The fourth-order valence-corrected chi connectivity index (χ4v) is 6.03. The van der Waals surface area contributed by atoms with Gasteiger partial charge in [-0.15, -0.1) is 0 Å². The molecule has 6 heteroatoms. The van der Waals surface area contributed by atoms with Crippen molar-refractivity contribution in [1.29, 1.82) is 0 Å². The van der Waals surface area contributed by atoms with Crippen LogP contribution in [0, 0.1) is 0 Å². The van der Waals surface area contributed by atoms with Crippen molar-refractivity contribution in [2.24, 2.45) is 0 Å². The van der Waals surface area contributed by atoms with Crippen molar-refractivity contribution < 1.29 is 19.1 Å². The predicted molar refractivity (Wildman–Crippen MR) is 96.3 cm³/mol. The van der Waals surface area contributed by atoms with Crippen molar-refractivity contribution in [2.75, 3.05) is 13.1 Å². The predicted octanol–water partition coefficient (Wildman–Crippen LogP) is 3.39. The van der Waals surface area contributed by atoms with Gasteiger partial charge < -0.3 is 19.2 Å². The number of rotatable bonds is 7. The first kappa shape index (κ1) is 19.0. The number of carbonyl (C=O) groups excluding carboxylic acids is 1. The van der Waals surface area contributed by atoms with Crippen molar-refractivity contribution in [3.8, 4) is 0 Å². The van der Waals surface area contributed by atoms with Gasteiger partial charge in [0, 0.05) is 0 Å². The van der Waals surface area contributed by atoms with Crippen LogP contribution in [-0.2, 0) is 15.8 Å². The summed E-state index contributed by atoms with van der Waals surface area (Å²) >= 11 is 0. The van der Waals surface area contributed by atoms with Crippen molar-refractivity contribution >= 4 is 14.4 Å². The summed E-state index contributed by atoms with van der Waals surface area (Å²) in [7, 11) is -1.80. The topological polar surface area (TPSA) is 59.0 Å². The maximum Gasteiger partial charge on any atom is 0.410 e. The van der Waals surface area contributed by atoms with Crippen LogP contribution in [0.25, 0.3) is 0 Å². The van der Waals surface area contributed by atoms with Crippen LogP contribution in [-0.4, -0.2) is 49.7 Å². The Labute approximate surface area is 145 Å². The second kappa shape index (κ2) is 8.64. The van der Waals surface area contributed by atoms with Gasteiger partial charge in [0.25, 0.3) is 0 Å². The first-order valence-electron chi connectivity index (χ1n) is 8.85. The van der Waals surface area contributed by atoms with Gasteiger partial charge in [0.1, 0.15) is 6.61 Å². The number of nitrogens with zero attached hydrogens (tertiary/aromatic N) is 1. The lowest BCUT2D eigenvalue weighted by molar-refractivity contribution is 0.0661. The van der Waals surface area contributed by atoms with Crippen LogP contribution in [0.1, 0.15) is 26.3 Å². The lowest BCUT2D eigenvalue weighted by atomic mass is 10.2. The summed E-state index contributed by atoms with van der Waals surface area (Å²) in [5.41, 5.74) is 0.952. The summed E-state index contributed by atoms with van der Waals surface area (Å²) in [6.07, 6.45) is -1.31. The average Bonchev–Trinajstić information content (AvgIpc) is 2.99. The van der Waals surface area contributed by atoms with E-state index in [1.54, 1.807) is 4.90 Å². The van der Waals surface area contributed by atoms with Crippen molar-refractivity contribution in [3.63, 3.8) is 0 Å². The molecule has 1 fully saturated rings. The SMILES string of the molecule is CC[Si](CC)(CC)O[C@H]1CN(C(=O)OCc2ccccc2)C[C@H]1O. The molecule has 1 aliphatic heterocycles. The average molecular weight is 352 g/mol. The van der Waals surface area contributed by atoms with Gasteiger partial charge in [0.2, 0.25) is 0 Å². The molecule has 2 rings (SSSR count). The van der Waals surface area contributed by atoms with Gasteiger partial charge in [-0.2, -0.15) is 0 Å². The van der Waals surface area contributed by atoms with Gasteiger partial charge in [0.15, 0.2) is 8.32 Å². The maximum absolute atomic E-state index is 12.2. The van der Waals surface area contributed by atoms with Crippen molar-refractivity contribution in [2.45, 2.75) is 57.7 Å². The third-order valence-corrected chi connectivity index (χ3v) is 9.70. The Hall–Kier alpha value is -1.37. The highest BCUT2D eigenvalue weighted by atomic mass is 28.4. The molecule has 24 heavy (non-hydrogen) atoms. The minimum Gasteiger partial charge on any atom is -0.445 e. The molecule has 0 spiro atoms. The van der Waals surface area contributed by atoms with E-state index in [0.717, 1.165) is 23.7 Å². The van der Waals surface area contributed by atoms with Crippen LogP contribution in [0.4, 0.5) is 4.79 Å². The largest absolute Gasteiger partial charge is 0.445 e. The summed E-state index contributed by atoms with van der Waals surface area (Å²) in [5.74, 6) is 0. The molecule has 1 amide bonds. The Morgan fingerprint density at radius 1 is 1.17 bits per heavy atom. The van der Waals surface area contributed by atoms with E-state index in [-0.39, 0.29) is 25.3 Å². The van der Waals surface area contributed by atoms with E-state index < -0.39 is 14.4 Å². The molecule has 134 valence electrons. The summed E-state index contributed by atoms with van der Waals surface area (Å²) in [5, 5.41) is 10.3. The molecule has 1 saturated heterocycles. The van der Waals surface area contributed by atoms with Crippen molar-refractivity contribution in [3.05, 3.63) is 35.9 Å². The number of amides is 1. The van der Waals surface area contributed by atoms with E-state index in [4.69, 9.17) is 9.16 Å². The lowest BCUT2D eigenvalue weighted by Gasteiger charge is -2.32. The fourth-order valence-electron chi connectivity index (χ4n) is 3.15. The highest BCUT2D eigenvalue weighted by Gasteiger charge is 2.41. The number of likely N-dealkylation sites (tertiary alicyclic amines) is 1. The third-order valence-electron chi connectivity index (χ3n) is 5.03. The molecule has 5 nitrogen and oxygen atoms in total. The van der Waals surface area contributed by atoms with E-state index in [0.29, 0.717) is 6.54 Å². The fraction of sp³-hybridized carbons (Fsp3) is 0.611. The highest BCUT2D eigenvalue weighted by Crippen LogP contribution is 2.27. The van der Waals surface area contributed by atoms with Gasteiger partial charge >= 0.3 is 6.09 Å². The van der Waals surface area contributed by atoms with Crippen LogP contribution < -0.4 is 0 Å². The molecule has 0 aromatic heterocycles. The highest BCUT2D eigenvalue weighted by molar-refractivity contribution is 6.73. The number of ether oxygens (including phenoxy) is 1. The normalized spacial score (nSPS) is 21.1. The minimum atomic E-state index is -1.80. The molecule has 0 radical (unpaired) electrons. The van der Waals surface area contributed by atoms with Gasteiger partial charge in [-0.3, -0.25) is 0 Å². The molecule has 1 aromatic rings. The van der Waals surface area contributed by atoms with Gasteiger partial charge in [-0.1, -0.05) is 51.1 Å². The molecule has 2 atom stereocenters. The Bertz CT molecular complexity index is 513. The molecule has 1 aliphatic rings. The monoisotopic (exact) mass is 351 g/mol. The molecule has 0 unspecified atom stereocenters. The quantitative estimate of drug-likeness (QED) is 0.765. The zero-order valence-corrected chi connectivity index (χ0v) is 15.9. The van der Waals surface area contributed by atoms with Gasteiger partial charge in [-0.25, -0.2) is 4.79 Å². The third kappa shape index (κ3) is 4.59. The van der Waals surface area contributed by atoms with Crippen LogP contribution in [0.5, 0.6) is 0 Å². The summed E-state index contributed by atoms with van der Waals surface area (Å²) < 4.78 is 11.7. The molecule has 1 N–H and O–H groups in total. The van der Waals surface area contributed by atoms with Crippen molar-refractivity contribution in [1.82, 2.24) is 4.90 Å². The number of aliphatic hydroxyl groups excluding tert-OH is 1. The molecule has 0 bridgehead atoms. The number of hydrogen-bond acceptors (Lipinski definition) is 4. The van der Waals surface area contributed by atoms with Crippen LogP contribution in [0.15, 0.2) is 30.3 Å². The van der Waals surface area contributed by atoms with E-state index >= 15 is 0 Å². The second-order valence-electron chi connectivity index (χ2n) is 6.41. The van der Waals surface area contributed by atoms with Crippen LogP contribution in [0.2, 0.25) is 18.1 Å². The summed E-state index contributed by atoms with van der Waals surface area (Å²) in [6, 6.07) is 12.7. The molecule has 1 aromatic carbocycles. The lowest BCUT2D eigenvalue weighted by Crippen LogP contribution is -2.44. The maximum atomic E-state index is 12.2. The number of carbonyl (C=O) groups is 1. The molecule has 0 aliphatic carbocycles. The molecule has 1 heterocycles. The Balaban J connectivity index is 1.89. The van der Waals surface area contributed by atoms with E-state index in [1.807, 2.05) is 30.3 Å². The number of benzene rings is 1. The van der Waals surface area contributed by atoms with E-state index in [9.17, 15) is 9.90 Å². The van der Waals surface area contributed by atoms with Gasteiger partial charge in [0.05, 0.1) is 25.3 Å². The molecular weight excluding hydrogens is 322 g/mol. The zero-order valence-electron chi connectivity index (χ0n) is 14.9.